The van der Waals surface area contributed by atoms with Gasteiger partial charge in [-0.3, -0.25) is 19.6 Å². The first-order chi connectivity index (χ1) is 11.7. The van der Waals surface area contributed by atoms with Gasteiger partial charge in [-0.05, 0) is 24.3 Å². The number of carbonyl (C=O) groups excluding carboxylic acids is 2. The molecule has 4 heterocycles. The van der Waals surface area contributed by atoms with Crippen LogP contribution in [0.15, 0.2) is 46.6 Å². The fourth-order valence-corrected chi connectivity index (χ4v) is 3.57. The average molecular weight is 360 g/mol. The SMILES string of the molecule is O=Cc1cc2c(cn1)SCC(=O)N2.O=S1NC=Cc2ncccc21. The third-order valence-electron chi connectivity index (χ3n) is 3.06. The van der Waals surface area contributed by atoms with Crippen molar-refractivity contribution in [2.24, 2.45) is 0 Å². The summed E-state index contributed by atoms with van der Waals surface area (Å²) in [7, 11) is -1.11. The van der Waals surface area contributed by atoms with Crippen molar-refractivity contribution in [1.82, 2.24) is 14.7 Å². The minimum absolute atomic E-state index is 0.0412. The predicted octanol–water partition coefficient (Wildman–Crippen LogP) is 1.62. The van der Waals surface area contributed by atoms with Crippen molar-refractivity contribution in [2.45, 2.75) is 9.79 Å². The number of rotatable bonds is 1. The normalized spacial score (nSPS) is 17.3. The van der Waals surface area contributed by atoms with Crippen LogP contribution in [-0.2, 0) is 15.8 Å². The van der Waals surface area contributed by atoms with Crippen molar-refractivity contribution < 1.29 is 13.8 Å². The van der Waals surface area contributed by atoms with Gasteiger partial charge in [0.1, 0.15) is 5.69 Å². The van der Waals surface area contributed by atoms with Gasteiger partial charge in [0.05, 0.1) is 22.0 Å². The fourth-order valence-electron chi connectivity index (χ4n) is 1.99. The summed E-state index contributed by atoms with van der Waals surface area (Å²) in [6.45, 7) is 0. The van der Waals surface area contributed by atoms with Gasteiger partial charge in [-0.2, -0.15) is 0 Å². The van der Waals surface area contributed by atoms with Crippen molar-refractivity contribution in [3.05, 3.63) is 48.2 Å². The molecule has 2 N–H and O–H groups in total. The Morgan fingerprint density at radius 3 is 3.00 bits per heavy atom. The van der Waals surface area contributed by atoms with E-state index in [2.05, 4.69) is 20.0 Å². The molecule has 122 valence electrons. The summed E-state index contributed by atoms with van der Waals surface area (Å²) >= 11 is 1.43. The molecule has 0 bridgehead atoms. The van der Waals surface area contributed by atoms with E-state index in [9.17, 15) is 13.8 Å². The van der Waals surface area contributed by atoms with E-state index in [0.29, 0.717) is 23.4 Å². The number of anilines is 1. The number of fused-ring (bicyclic) bond motifs is 2. The minimum atomic E-state index is -1.11. The Morgan fingerprint density at radius 2 is 2.21 bits per heavy atom. The molecule has 2 aliphatic rings. The molecule has 0 aromatic carbocycles. The van der Waals surface area contributed by atoms with E-state index >= 15 is 0 Å². The number of thioether (sulfide) groups is 1. The number of nitrogens with zero attached hydrogens (tertiary/aromatic N) is 2. The van der Waals surface area contributed by atoms with Crippen LogP contribution in [0.2, 0.25) is 0 Å². The monoisotopic (exact) mass is 360 g/mol. The topological polar surface area (TPSA) is 101 Å². The van der Waals surface area contributed by atoms with Gasteiger partial charge in [0.25, 0.3) is 0 Å². The van der Waals surface area contributed by atoms with Gasteiger partial charge in [-0.25, -0.2) is 4.21 Å². The molecule has 1 unspecified atom stereocenters. The van der Waals surface area contributed by atoms with Gasteiger partial charge >= 0.3 is 0 Å². The summed E-state index contributed by atoms with van der Waals surface area (Å²) < 4.78 is 13.9. The molecule has 2 aliphatic heterocycles. The van der Waals surface area contributed by atoms with E-state index in [1.54, 1.807) is 42.9 Å². The van der Waals surface area contributed by atoms with E-state index in [4.69, 9.17) is 0 Å². The van der Waals surface area contributed by atoms with Gasteiger partial charge in [0, 0.05) is 23.5 Å². The van der Waals surface area contributed by atoms with Crippen LogP contribution in [0.25, 0.3) is 6.08 Å². The zero-order valence-electron chi connectivity index (χ0n) is 12.3. The van der Waals surface area contributed by atoms with Crippen LogP contribution >= 0.6 is 11.8 Å². The maximum Gasteiger partial charge on any atom is 0.234 e. The Morgan fingerprint density at radius 1 is 1.33 bits per heavy atom. The molecule has 2 aromatic heterocycles. The standard InChI is InChI=1S/C8H6N2O2S.C7H6N2OS/c11-3-5-1-6-7(2-9-5)13-4-8(12)10-6;10-11-7-2-1-4-8-6(7)3-5-9-11/h1-3H,4H2,(H,10,12);1-5,9H. The van der Waals surface area contributed by atoms with Crippen molar-refractivity contribution in [3.8, 4) is 0 Å². The number of nitrogens with one attached hydrogen (secondary N) is 2. The van der Waals surface area contributed by atoms with Crippen LogP contribution < -0.4 is 10.0 Å². The minimum Gasteiger partial charge on any atom is -0.324 e. The van der Waals surface area contributed by atoms with Crippen LogP contribution in [0.1, 0.15) is 16.2 Å². The highest BCUT2D eigenvalue weighted by atomic mass is 32.2. The second kappa shape index (κ2) is 7.37. The molecule has 2 aromatic rings. The van der Waals surface area contributed by atoms with Gasteiger partial charge in [0.15, 0.2) is 17.3 Å². The summed E-state index contributed by atoms with van der Waals surface area (Å²) in [4.78, 5) is 31.0. The zero-order valence-corrected chi connectivity index (χ0v) is 13.9. The van der Waals surface area contributed by atoms with Crippen molar-refractivity contribution in [2.75, 3.05) is 11.1 Å². The third kappa shape index (κ3) is 3.69. The lowest BCUT2D eigenvalue weighted by atomic mass is 10.3. The summed E-state index contributed by atoms with van der Waals surface area (Å²) in [6.07, 6.45) is 7.39. The van der Waals surface area contributed by atoms with Gasteiger partial charge in [-0.1, -0.05) is 0 Å². The highest BCUT2D eigenvalue weighted by molar-refractivity contribution is 8.00. The molecule has 9 heteroatoms. The van der Waals surface area contributed by atoms with Gasteiger partial charge in [-0.15, -0.1) is 11.8 Å². The first-order valence-electron chi connectivity index (χ1n) is 6.85. The van der Waals surface area contributed by atoms with E-state index < -0.39 is 11.0 Å². The van der Waals surface area contributed by atoms with Crippen LogP contribution in [0.3, 0.4) is 0 Å². The number of hydrogen-bond donors (Lipinski definition) is 2. The lowest BCUT2D eigenvalue weighted by molar-refractivity contribution is -0.113. The fraction of sp³-hybridized carbons (Fsp3) is 0.0667. The molecule has 0 aliphatic carbocycles. The van der Waals surface area contributed by atoms with E-state index in [1.165, 1.54) is 11.8 Å². The third-order valence-corrected chi connectivity index (χ3v) is 5.20. The Hall–Kier alpha value is -2.52. The quantitative estimate of drug-likeness (QED) is 0.750. The molecule has 4 rings (SSSR count). The highest BCUT2D eigenvalue weighted by Gasteiger charge is 2.15. The van der Waals surface area contributed by atoms with E-state index in [1.807, 2.05) is 0 Å². The number of aromatic nitrogens is 2. The van der Waals surface area contributed by atoms with Gasteiger partial charge < -0.3 is 10.0 Å². The number of amides is 1. The average Bonchev–Trinajstić information content (AvgIpc) is 2.62. The molecule has 7 nitrogen and oxygen atoms in total. The second-order valence-electron chi connectivity index (χ2n) is 4.67. The number of pyridine rings is 2. The Bertz CT molecular complexity index is 854. The highest BCUT2D eigenvalue weighted by Crippen LogP contribution is 2.30. The largest absolute Gasteiger partial charge is 0.324 e. The molecular formula is C15H12N4O3S2. The number of carbonyl (C=O) groups is 2. The molecule has 1 amide bonds. The summed E-state index contributed by atoms with van der Waals surface area (Å²) in [6, 6.07) is 5.15. The maximum absolute atomic E-state index is 11.2. The van der Waals surface area contributed by atoms with Crippen molar-refractivity contribution in [3.63, 3.8) is 0 Å². The second-order valence-corrected chi connectivity index (χ2v) is 6.90. The zero-order chi connectivity index (χ0) is 16.9. The molecule has 0 saturated carbocycles. The van der Waals surface area contributed by atoms with Crippen LogP contribution in [-0.4, -0.2) is 32.1 Å². The number of aldehydes is 1. The Labute approximate surface area is 144 Å². The summed E-state index contributed by atoms with van der Waals surface area (Å²) in [5, 5.41) is 2.68. The lowest BCUT2D eigenvalue weighted by Gasteiger charge is -2.15. The Kier molecular flexibility index (Phi) is 5.02. The lowest BCUT2D eigenvalue weighted by Crippen LogP contribution is -2.19. The molecule has 0 fully saturated rings. The van der Waals surface area contributed by atoms with Crippen molar-refractivity contribution >= 4 is 46.7 Å². The van der Waals surface area contributed by atoms with Crippen molar-refractivity contribution in [1.29, 1.82) is 0 Å². The molecule has 0 saturated heterocycles. The van der Waals surface area contributed by atoms with E-state index in [0.717, 1.165) is 15.5 Å². The first kappa shape index (κ1) is 16.3. The number of hydrogen-bond acceptors (Lipinski definition) is 6. The summed E-state index contributed by atoms with van der Waals surface area (Å²) in [5.41, 5.74) is 1.80. The molecular weight excluding hydrogens is 348 g/mol. The smallest absolute Gasteiger partial charge is 0.234 e. The molecule has 0 spiro atoms. The maximum atomic E-state index is 11.2. The van der Waals surface area contributed by atoms with E-state index in [-0.39, 0.29) is 5.91 Å². The molecule has 24 heavy (non-hydrogen) atoms. The van der Waals surface area contributed by atoms with Gasteiger partial charge in [0.2, 0.25) is 5.91 Å². The van der Waals surface area contributed by atoms with Crippen LogP contribution in [0.4, 0.5) is 5.69 Å². The first-order valence-corrected chi connectivity index (χ1v) is 8.98. The Balaban J connectivity index is 0.000000143. The predicted molar refractivity (Wildman–Crippen MR) is 91.8 cm³/mol. The summed E-state index contributed by atoms with van der Waals surface area (Å²) in [5.74, 6) is 0.371. The van der Waals surface area contributed by atoms with Crippen LogP contribution in [0.5, 0.6) is 0 Å². The molecule has 1 atom stereocenters. The van der Waals surface area contributed by atoms with Crippen LogP contribution in [0, 0.1) is 0 Å². The molecule has 0 radical (unpaired) electrons.